The lowest BCUT2D eigenvalue weighted by molar-refractivity contribution is 0.0600. The fraction of sp³-hybridized carbons (Fsp3) is 0.154. The van der Waals surface area contributed by atoms with E-state index in [1.807, 2.05) is 4.57 Å². The summed E-state index contributed by atoms with van der Waals surface area (Å²) in [5.74, 6) is -0.405. The van der Waals surface area contributed by atoms with Crippen LogP contribution in [0.3, 0.4) is 0 Å². The molecule has 0 radical (unpaired) electrons. The quantitative estimate of drug-likeness (QED) is 0.758. The van der Waals surface area contributed by atoms with Crippen molar-refractivity contribution in [1.82, 2.24) is 9.55 Å². The van der Waals surface area contributed by atoms with E-state index < -0.39 is 5.97 Å². The molecule has 0 N–H and O–H groups in total. The minimum atomic E-state index is -0.405. The lowest BCUT2D eigenvalue weighted by atomic mass is 10.2. The van der Waals surface area contributed by atoms with Crippen LogP contribution in [0.5, 0.6) is 0 Å². The predicted octanol–water partition coefficient (Wildman–Crippen LogP) is 1.08. The average Bonchev–Trinajstić information content (AvgIpc) is 2.41. The van der Waals surface area contributed by atoms with Crippen molar-refractivity contribution >= 4 is 5.97 Å². The summed E-state index contributed by atoms with van der Waals surface area (Å²) < 4.78 is 6.42. The van der Waals surface area contributed by atoms with E-state index in [0.717, 1.165) is 5.69 Å². The summed E-state index contributed by atoms with van der Waals surface area (Å²) in [7, 11) is 1.33. The molecule has 2 rings (SSSR count). The van der Waals surface area contributed by atoms with Crippen molar-refractivity contribution in [2.45, 2.75) is 6.54 Å². The SMILES string of the molecule is COC(=O)c1ccc(Cn2ccc(=O)cc2)nc1. The molecule has 0 saturated heterocycles. The highest BCUT2D eigenvalue weighted by molar-refractivity contribution is 5.88. The Hall–Kier alpha value is -2.43. The molecular weight excluding hydrogens is 232 g/mol. The van der Waals surface area contributed by atoms with Crippen molar-refractivity contribution in [1.29, 1.82) is 0 Å². The minimum Gasteiger partial charge on any atom is -0.465 e. The van der Waals surface area contributed by atoms with Crippen LogP contribution in [0, 0.1) is 0 Å². The highest BCUT2D eigenvalue weighted by atomic mass is 16.5. The van der Waals surface area contributed by atoms with Crippen LogP contribution in [0.2, 0.25) is 0 Å². The second-order valence-corrected chi connectivity index (χ2v) is 3.74. The Morgan fingerprint density at radius 1 is 1.28 bits per heavy atom. The summed E-state index contributed by atoms with van der Waals surface area (Å²) in [6, 6.07) is 6.40. The van der Waals surface area contributed by atoms with E-state index in [-0.39, 0.29) is 5.43 Å². The first-order valence-electron chi connectivity index (χ1n) is 5.38. The summed E-state index contributed by atoms with van der Waals surface area (Å²) in [6.45, 7) is 0.543. The van der Waals surface area contributed by atoms with Crippen molar-refractivity contribution in [2.75, 3.05) is 7.11 Å². The number of pyridine rings is 2. The normalized spacial score (nSPS) is 10.1. The van der Waals surface area contributed by atoms with E-state index in [9.17, 15) is 9.59 Å². The van der Waals surface area contributed by atoms with Gasteiger partial charge in [0.15, 0.2) is 5.43 Å². The van der Waals surface area contributed by atoms with Gasteiger partial charge < -0.3 is 9.30 Å². The number of aromatic nitrogens is 2. The van der Waals surface area contributed by atoms with E-state index in [1.54, 1.807) is 24.5 Å². The Kier molecular flexibility index (Phi) is 3.52. The fourth-order valence-corrected chi connectivity index (χ4v) is 1.49. The molecule has 0 amide bonds. The van der Waals surface area contributed by atoms with Crippen LogP contribution < -0.4 is 5.43 Å². The van der Waals surface area contributed by atoms with Crippen LogP contribution in [0.25, 0.3) is 0 Å². The summed E-state index contributed by atoms with van der Waals surface area (Å²) in [5.41, 5.74) is 1.19. The van der Waals surface area contributed by atoms with Crippen LogP contribution in [0.1, 0.15) is 16.1 Å². The molecule has 2 aromatic rings. The second kappa shape index (κ2) is 5.27. The number of ether oxygens (including phenoxy) is 1. The van der Waals surface area contributed by atoms with E-state index >= 15 is 0 Å². The highest BCUT2D eigenvalue weighted by Crippen LogP contribution is 2.03. The molecule has 0 aromatic carbocycles. The molecule has 0 aliphatic rings. The molecule has 0 aliphatic heterocycles. The first-order valence-corrected chi connectivity index (χ1v) is 5.38. The maximum absolute atomic E-state index is 11.2. The number of carbonyl (C=O) groups excluding carboxylic acids is 1. The van der Waals surface area contributed by atoms with E-state index in [4.69, 9.17) is 0 Å². The molecule has 92 valence electrons. The molecule has 0 fully saturated rings. The zero-order chi connectivity index (χ0) is 13.0. The van der Waals surface area contributed by atoms with Crippen molar-refractivity contribution in [2.24, 2.45) is 0 Å². The van der Waals surface area contributed by atoms with Gasteiger partial charge in [0.1, 0.15) is 0 Å². The zero-order valence-corrected chi connectivity index (χ0v) is 9.87. The van der Waals surface area contributed by atoms with Gasteiger partial charge in [0.25, 0.3) is 0 Å². The summed E-state index contributed by atoms with van der Waals surface area (Å²) in [6.07, 6.45) is 4.86. The molecule has 0 unspecified atom stereocenters. The molecule has 0 spiro atoms. The van der Waals surface area contributed by atoms with Gasteiger partial charge in [0.2, 0.25) is 0 Å². The van der Waals surface area contributed by atoms with Crippen LogP contribution in [0.4, 0.5) is 0 Å². The van der Waals surface area contributed by atoms with Gasteiger partial charge >= 0.3 is 5.97 Å². The van der Waals surface area contributed by atoms with Gasteiger partial charge in [0.05, 0.1) is 24.9 Å². The van der Waals surface area contributed by atoms with Gasteiger partial charge in [-0.1, -0.05) is 0 Å². The van der Waals surface area contributed by atoms with Crippen molar-refractivity contribution < 1.29 is 9.53 Å². The maximum atomic E-state index is 11.2. The first kappa shape index (κ1) is 12.0. The van der Waals surface area contributed by atoms with Gasteiger partial charge in [-0.15, -0.1) is 0 Å². The Morgan fingerprint density at radius 3 is 2.56 bits per heavy atom. The number of rotatable bonds is 3. The highest BCUT2D eigenvalue weighted by Gasteiger charge is 2.05. The second-order valence-electron chi connectivity index (χ2n) is 3.74. The Morgan fingerprint density at radius 2 is 2.00 bits per heavy atom. The maximum Gasteiger partial charge on any atom is 0.339 e. The van der Waals surface area contributed by atoms with E-state index in [1.165, 1.54) is 25.4 Å². The van der Waals surface area contributed by atoms with Crippen molar-refractivity contribution in [3.05, 3.63) is 64.3 Å². The smallest absolute Gasteiger partial charge is 0.339 e. The topological polar surface area (TPSA) is 61.2 Å². The lowest BCUT2D eigenvalue weighted by Crippen LogP contribution is -2.07. The molecule has 2 heterocycles. The van der Waals surface area contributed by atoms with Gasteiger partial charge in [-0.25, -0.2) is 4.79 Å². The monoisotopic (exact) mass is 244 g/mol. The summed E-state index contributed by atoms with van der Waals surface area (Å²) >= 11 is 0. The summed E-state index contributed by atoms with van der Waals surface area (Å²) in [5, 5.41) is 0. The molecule has 5 nitrogen and oxygen atoms in total. The standard InChI is InChI=1S/C13H12N2O3/c1-18-13(17)10-2-3-11(14-8-10)9-15-6-4-12(16)5-7-15/h2-8H,9H2,1H3. The average molecular weight is 244 g/mol. The van der Waals surface area contributed by atoms with Crippen LogP contribution in [-0.2, 0) is 11.3 Å². The molecule has 18 heavy (non-hydrogen) atoms. The third-order valence-electron chi connectivity index (χ3n) is 2.45. The molecule has 5 heteroatoms. The predicted molar refractivity (Wildman–Crippen MR) is 65.4 cm³/mol. The molecular formula is C13H12N2O3. The summed E-state index contributed by atoms with van der Waals surface area (Å²) in [4.78, 5) is 26.3. The Bertz CT molecular complexity index is 582. The van der Waals surface area contributed by atoms with Crippen LogP contribution >= 0.6 is 0 Å². The fourth-order valence-electron chi connectivity index (χ4n) is 1.49. The number of hydrogen-bond donors (Lipinski definition) is 0. The van der Waals surface area contributed by atoms with Crippen LogP contribution in [-0.4, -0.2) is 22.6 Å². The number of esters is 1. The largest absolute Gasteiger partial charge is 0.465 e. The number of nitrogens with zero attached hydrogens (tertiary/aromatic N) is 2. The Labute approximate surface area is 104 Å². The third-order valence-corrected chi connectivity index (χ3v) is 2.45. The van der Waals surface area contributed by atoms with Gasteiger partial charge in [0, 0.05) is 30.7 Å². The molecule has 0 bridgehead atoms. The number of methoxy groups -OCH3 is 1. The molecule has 0 saturated carbocycles. The lowest BCUT2D eigenvalue weighted by Gasteiger charge is -2.05. The molecule has 0 aliphatic carbocycles. The van der Waals surface area contributed by atoms with Crippen LogP contribution in [0.15, 0.2) is 47.7 Å². The van der Waals surface area contributed by atoms with Gasteiger partial charge in [-0.2, -0.15) is 0 Å². The number of hydrogen-bond acceptors (Lipinski definition) is 4. The van der Waals surface area contributed by atoms with Gasteiger partial charge in [-0.05, 0) is 12.1 Å². The zero-order valence-electron chi connectivity index (χ0n) is 9.87. The van der Waals surface area contributed by atoms with Crippen molar-refractivity contribution in [3.63, 3.8) is 0 Å². The molecule has 0 atom stereocenters. The minimum absolute atomic E-state index is 0.0275. The van der Waals surface area contributed by atoms with Crippen molar-refractivity contribution in [3.8, 4) is 0 Å². The Balaban J connectivity index is 2.13. The number of carbonyl (C=O) groups is 1. The van der Waals surface area contributed by atoms with E-state index in [0.29, 0.717) is 12.1 Å². The van der Waals surface area contributed by atoms with Gasteiger partial charge in [-0.3, -0.25) is 9.78 Å². The van der Waals surface area contributed by atoms with E-state index in [2.05, 4.69) is 9.72 Å². The third kappa shape index (κ3) is 2.82. The molecule has 2 aromatic heterocycles. The first-order chi connectivity index (χ1) is 8.69.